The topological polar surface area (TPSA) is 102 Å². The Morgan fingerprint density at radius 2 is 1.91 bits per heavy atom. The molecule has 5 N–H and O–H groups in total. The number of halogens is 1. The average molecular weight is 372 g/mol. The lowest BCUT2D eigenvalue weighted by Gasteiger charge is -2.19. The summed E-state index contributed by atoms with van der Waals surface area (Å²) in [5.74, 6) is -0.470. The number of carbonyl (C=O) groups excluding carboxylic acids is 1. The van der Waals surface area contributed by atoms with Gasteiger partial charge in [-0.25, -0.2) is 4.99 Å². The molecule has 0 unspecified atom stereocenters. The van der Waals surface area contributed by atoms with Crippen LogP contribution in [0.4, 0.5) is 11.4 Å². The second kappa shape index (κ2) is 5.55. The van der Waals surface area contributed by atoms with E-state index in [4.69, 9.17) is 11.5 Å². The number of rotatable bonds is 1. The molecule has 0 fully saturated rings. The molecule has 0 spiro atoms. The highest BCUT2D eigenvalue weighted by atomic mass is 79.9. The third kappa shape index (κ3) is 2.61. The van der Waals surface area contributed by atoms with E-state index in [2.05, 4.69) is 20.9 Å². The Morgan fingerprint density at radius 1 is 1.17 bits per heavy atom. The Kier molecular flexibility index (Phi) is 3.69. The highest BCUT2D eigenvalue weighted by Gasteiger charge is 2.29. The first-order valence-corrected chi connectivity index (χ1v) is 7.66. The normalized spacial score (nSPS) is 15.5. The van der Waals surface area contributed by atoms with E-state index >= 15 is 0 Å². The standard InChI is InChI=1S/C17H14BrN3O2/c1-8-3-2-4-9(5-8)21-13-7-12(20)14-15(17(13)23)11(19)6-10(18)16(14)22/h2-7,22H,19-20H2,1H3. The van der Waals surface area contributed by atoms with Crippen molar-refractivity contribution in [3.05, 3.63) is 57.6 Å². The minimum absolute atomic E-state index is 0.106. The summed E-state index contributed by atoms with van der Waals surface area (Å²) in [6.07, 6.45) is 1.46. The van der Waals surface area contributed by atoms with Crippen LogP contribution in [-0.4, -0.2) is 16.6 Å². The largest absolute Gasteiger partial charge is 0.506 e. The third-order valence-corrected chi connectivity index (χ3v) is 4.18. The van der Waals surface area contributed by atoms with Crippen molar-refractivity contribution in [2.24, 2.45) is 10.7 Å². The fourth-order valence-corrected chi connectivity index (χ4v) is 2.96. The van der Waals surface area contributed by atoms with Crippen molar-refractivity contribution >= 4 is 44.5 Å². The van der Waals surface area contributed by atoms with Crippen LogP contribution in [0.25, 0.3) is 5.70 Å². The summed E-state index contributed by atoms with van der Waals surface area (Å²) < 4.78 is 0.386. The number of phenols is 1. The van der Waals surface area contributed by atoms with Crippen LogP contribution in [0.3, 0.4) is 0 Å². The number of aryl methyl sites for hydroxylation is 1. The summed E-state index contributed by atoms with van der Waals surface area (Å²) in [5, 5.41) is 10.2. The Balaban J connectivity index is 2.19. The zero-order chi connectivity index (χ0) is 16.7. The molecule has 0 aliphatic heterocycles. The number of hydrogen-bond acceptors (Lipinski definition) is 5. The minimum Gasteiger partial charge on any atom is -0.506 e. The molecule has 0 heterocycles. The van der Waals surface area contributed by atoms with Crippen molar-refractivity contribution in [1.82, 2.24) is 0 Å². The first-order chi connectivity index (χ1) is 10.9. The molecule has 0 saturated heterocycles. The maximum Gasteiger partial charge on any atom is 0.214 e. The molecule has 0 aromatic heterocycles. The van der Waals surface area contributed by atoms with Crippen molar-refractivity contribution in [2.75, 3.05) is 5.73 Å². The van der Waals surface area contributed by atoms with Crippen molar-refractivity contribution in [3.63, 3.8) is 0 Å². The summed E-state index contributed by atoms with van der Waals surface area (Å²) in [6, 6.07) is 8.95. The lowest BCUT2D eigenvalue weighted by Crippen LogP contribution is -2.23. The zero-order valence-electron chi connectivity index (χ0n) is 12.3. The number of aliphatic imine (C=N–C) groups is 1. The lowest BCUT2D eigenvalue weighted by atomic mass is 9.90. The molecule has 0 bridgehead atoms. The molecule has 0 atom stereocenters. The first-order valence-electron chi connectivity index (χ1n) is 6.87. The number of Topliss-reactive ketones (excluding diaryl/α,β-unsaturated/α-hetero) is 1. The maximum absolute atomic E-state index is 12.7. The smallest absolute Gasteiger partial charge is 0.214 e. The lowest BCUT2D eigenvalue weighted by molar-refractivity contribution is 0.106. The van der Waals surface area contributed by atoms with Crippen molar-refractivity contribution in [3.8, 4) is 5.75 Å². The Morgan fingerprint density at radius 3 is 2.61 bits per heavy atom. The number of nitrogen functional groups attached to an aromatic ring is 1. The van der Waals surface area contributed by atoms with Gasteiger partial charge in [-0.05, 0) is 52.7 Å². The molecule has 3 rings (SSSR count). The van der Waals surface area contributed by atoms with E-state index in [-0.39, 0.29) is 39.8 Å². The van der Waals surface area contributed by atoms with Gasteiger partial charge in [0.05, 0.1) is 21.3 Å². The van der Waals surface area contributed by atoms with Crippen LogP contribution in [0, 0.1) is 6.92 Å². The van der Waals surface area contributed by atoms with Gasteiger partial charge in [-0.3, -0.25) is 4.79 Å². The van der Waals surface area contributed by atoms with Crippen LogP contribution in [0.2, 0.25) is 0 Å². The molecule has 116 valence electrons. The number of carbonyl (C=O) groups is 1. The summed E-state index contributed by atoms with van der Waals surface area (Å²) in [5.41, 5.74) is 14.7. The number of nitrogens with two attached hydrogens (primary N) is 2. The molecular weight excluding hydrogens is 358 g/mol. The van der Waals surface area contributed by atoms with Gasteiger partial charge in [-0.15, -0.1) is 0 Å². The zero-order valence-corrected chi connectivity index (χ0v) is 13.9. The van der Waals surface area contributed by atoms with Crippen LogP contribution in [0.1, 0.15) is 21.5 Å². The number of phenolic OH excluding ortho intramolecular Hbond substituents is 1. The van der Waals surface area contributed by atoms with Gasteiger partial charge < -0.3 is 16.6 Å². The molecule has 6 heteroatoms. The van der Waals surface area contributed by atoms with E-state index in [1.54, 1.807) is 6.07 Å². The van der Waals surface area contributed by atoms with Crippen LogP contribution in [0.15, 0.2) is 45.9 Å². The second-order valence-electron chi connectivity index (χ2n) is 5.31. The van der Waals surface area contributed by atoms with Gasteiger partial charge in [0, 0.05) is 11.4 Å². The van der Waals surface area contributed by atoms with Gasteiger partial charge in [-0.2, -0.15) is 0 Å². The first kappa shape index (κ1) is 15.3. The molecule has 1 aliphatic rings. The number of fused-ring (bicyclic) bond motifs is 1. The van der Waals surface area contributed by atoms with Crippen molar-refractivity contribution < 1.29 is 9.90 Å². The van der Waals surface area contributed by atoms with Gasteiger partial charge in [0.25, 0.3) is 0 Å². The van der Waals surface area contributed by atoms with E-state index in [0.717, 1.165) is 5.56 Å². The Bertz CT molecular complexity index is 901. The van der Waals surface area contributed by atoms with E-state index in [1.807, 2.05) is 25.1 Å². The van der Waals surface area contributed by atoms with E-state index in [0.29, 0.717) is 10.2 Å². The quantitative estimate of drug-likeness (QED) is 0.528. The SMILES string of the molecule is Cc1cccc(N=C2C=C(N)c3c(O)c(Br)cc(N)c3C2=O)c1. The number of anilines is 1. The molecule has 2 aromatic carbocycles. The predicted molar refractivity (Wildman–Crippen MR) is 95.0 cm³/mol. The third-order valence-electron chi connectivity index (χ3n) is 3.58. The Hall–Kier alpha value is -2.60. The van der Waals surface area contributed by atoms with Gasteiger partial charge >= 0.3 is 0 Å². The fourth-order valence-electron chi connectivity index (χ4n) is 2.52. The number of benzene rings is 2. The van der Waals surface area contributed by atoms with Crippen molar-refractivity contribution in [1.29, 1.82) is 0 Å². The van der Waals surface area contributed by atoms with Gasteiger partial charge in [-0.1, -0.05) is 12.1 Å². The molecule has 0 radical (unpaired) electrons. The summed E-state index contributed by atoms with van der Waals surface area (Å²) in [6.45, 7) is 1.94. The number of hydrogen-bond donors (Lipinski definition) is 3. The molecular formula is C17H14BrN3O2. The number of allylic oxidation sites excluding steroid dienone is 1. The molecule has 0 saturated carbocycles. The monoisotopic (exact) mass is 371 g/mol. The number of ketones is 1. The summed E-state index contributed by atoms with van der Waals surface area (Å²) in [7, 11) is 0. The number of aromatic hydroxyl groups is 1. The van der Waals surface area contributed by atoms with E-state index < -0.39 is 0 Å². The average Bonchev–Trinajstić information content (AvgIpc) is 2.48. The Labute approximate surface area is 141 Å². The second-order valence-corrected chi connectivity index (χ2v) is 6.17. The fraction of sp³-hybridized carbons (Fsp3) is 0.0588. The molecule has 23 heavy (non-hydrogen) atoms. The summed E-state index contributed by atoms with van der Waals surface area (Å²) in [4.78, 5) is 17.1. The summed E-state index contributed by atoms with van der Waals surface area (Å²) >= 11 is 3.20. The van der Waals surface area contributed by atoms with Crippen LogP contribution in [-0.2, 0) is 0 Å². The van der Waals surface area contributed by atoms with Crippen LogP contribution >= 0.6 is 15.9 Å². The molecule has 0 amide bonds. The molecule has 5 nitrogen and oxygen atoms in total. The highest BCUT2D eigenvalue weighted by molar-refractivity contribution is 9.10. The van der Waals surface area contributed by atoms with E-state index in [9.17, 15) is 9.90 Å². The van der Waals surface area contributed by atoms with E-state index in [1.165, 1.54) is 12.1 Å². The minimum atomic E-state index is -0.365. The van der Waals surface area contributed by atoms with Crippen molar-refractivity contribution in [2.45, 2.75) is 6.92 Å². The van der Waals surface area contributed by atoms with Gasteiger partial charge in [0.15, 0.2) is 0 Å². The predicted octanol–water partition coefficient (Wildman–Crippen LogP) is 3.31. The number of nitrogens with zero attached hydrogens (tertiary/aromatic N) is 1. The van der Waals surface area contributed by atoms with Gasteiger partial charge in [0.1, 0.15) is 11.5 Å². The molecule has 1 aliphatic carbocycles. The molecule has 2 aromatic rings. The van der Waals surface area contributed by atoms with Gasteiger partial charge in [0.2, 0.25) is 5.78 Å². The van der Waals surface area contributed by atoms with Crippen LogP contribution < -0.4 is 11.5 Å². The van der Waals surface area contributed by atoms with Crippen LogP contribution in [0.5, 0.6) is 5.75 Å². The maximum atomic E-state index is 12.7. The highest BCUT2D eigenvalue weighted by Crippen LogP contribution is 2.39.